The summed E-state index contributed by atoms with van der Waals surface area (Å²) in [6.07, 6.45) is 1.09. The SMILES string of the molecule is CC(=O)N[C@H](C(=O)N1C[C@H](O)C[C@H]1C(=O)N[C@@H](C)c1ccc(-c2ccnn2C)cc1)C(C)(C)C. The first-order chi connectivity index (χ1) is 15.9. The molecule has 1 fully saturated rings. The van der Waals surface area contributed by atoms with Crippen LogP contribution in [0.4, 0.5) is 0 Å². The van der Waals surface area contributed by atoms with Gasteiger partial charge in [-0.15, -0.1) is 0 Å². The summed E-state index contributed by atoms with van der Waals surface area (Å²) in [5.74, 6) is -1.02. The van der Waals surface area contributed by atoms with Crippen molar-refractivity contribution in [2.24, 2.45) is 12.5 Å². The third-order valence-electron chi connectivity index (χ3n) is 6.21. The fourth-order valence-electron chi connectivity index (χ4n) is 4.32. The molecule has 34 heavy (non-hydrogen) atoms. The number of nitrogens with one attached hydrogen (secondary N) is 2. The molecule has 1 aromatic heterocycles. The Kier molecular flexibility index (Phi) is 7.45. The molecule has 1 aliphatic heterocycles. The molecule has 1 aliphatic rings. The number of carbonyl (C=O) groups is 3. The van der Waals surface area contributed by atoms with Gasteiger partial charge in [-0.25, -0.2) is 0 Å². The molecule has 3 N–H and O–H groups in total. The van der Waals surface area contributed by atoms with Crippen molar-refractivity contribution in [3.8, 4) is 11.3 Å². The summed E-state index contributed by atoms with van der Waals surface area (Å²) < 4.78 is 1.79. The maximum atomic E-state index is 13.3. The number of hydrogen-bond donors (Lipinski definition) is 3. The van der Waals surface area contributed by atoms with Crippen molar-refractivity contribution in [1.82, 2.24) is 25.3 Å². The lowest BCUT2D eigenvalue weighted by molar-refractivity contribution is -0.144. The Morgan fingerprint density at radius 1 is 1.12 bits per heavy atom. The van der Waals surface area contributed by atoms with Gasteiger partial charge in [0, 0.05) is 33.1 Å². The molecule has 1 saturated heterocycles. The Hall–Kier alpha value is -3.20. The number of hydrogen-bond acceptors (Lipinski definition) is 5. The smallest absolute Gasteiger partial charge is 0.246 e. The van der Waals surface area contributed by atoms with Crippen LogP contribution in [0.5, 0.6) is 0 Å². The van der Waals surface area contributed by atoms with Crippen LogP contribution in [0, 0.1) is 5.41 Å². The monoisotopic (exact) mass is 469 g/mol. The summed E-state index contributed by atoms with van der Waals surface area (Å²) in [4.78, 5) is 39.6. The highest BCUT2D eigenvalue weighted by Gasteiger charge is 2.44. The second-order valence-electron chi connectivity index (χ2n) is 10.1. The maximum Gasteiger partial charge on any atom is 0.246 e. The van der Waals surface area contributed by atoms with Gasteiger partial charge in [0.05, 0.1) is 17.8 Å². The zero-order valence-corrected chi connectivity index (χ0v) is 20.7. The molecule has 4 atom stereocenters. The van der Waals surface area contributed by atoms with Gasteiger partial charge < -0.3 is 20.6 Å². The van der Waals surface area contributed by atoms with Gasteiger partial charge in [0.2, 0.25) is 17.7 Å². The van der Waals surface area contributed by atoms with Gasteiger partial charge in [-0.1, -0.05) is 45.0 Å². The van der Waals surface area contributed by atoms with Crippen LogP contribution < -0.4 is 10.6 Å². The van der Waals surface area contributed by atoms with E-state index in [-0.39, 0.29) is 36.7 Å². The normalized spacial score (nSPS) is 20.0. The number of aliphatic hydroxyl groups is 1. The number of aromatic nitrogens is 2. The minimum absolute atomic E-state index is 0.0524. The number of rotatable bonds is 6. The van der Waals surface area contributed by atoms with Crippen LogP contribution in [0.2, 0.25) is 0 Å². The Morgan fingerprint density at radius 3 is 2.29 bits per heavy atom. The molecule has 184 valence electrons. The van der Waals surface area contributed by atoms with Crippen molar-refractivity contribution in [1.29, 1.82) is 0 Å². The number of nitrogens with zero attached hydrogens (tertiary/aromatic N) is 3. The minimum Gasteiger partial charge on any atom is -0.391 e. The maximum absolute atomic E-state index is 13.3. The van der Waals surface area contributed by atoms with Gasteiger partial charge in [-0.2, -0.15) is 5.10 Å². The lowest BCUT2D eigenvalue weighted by Gasteiger charge is -2.35. The zero-order chi connectivity index (χ0) is 25.2. The first kappa shape index (κ1) is 25.4. The lowest BCUT2D eigenvalue weighted by atomic mass is 9.85. The lowest BCUT2D eigenvalue weighted by Crippen LogP contribution is -2.57. The van der Waals surface area contributed by atoms with Crippen molar-refractivity contribution in [3.05, 3.63) is 42.1 Å². The van der Waals surface area contributed by atoms with Crippen LogP contribution >= 0.6 is 0 Å². The average molecular weight is 470 g/mol. The third-order valence-corrected chi connectivity index (χ3v) is 6.21. The van der Waals surface area contributed by atoms with Crippen molar-refractivity contribution in [2.45, 2.75) is 65.3 Å². The molecule has 0 unspecified atom stereocenters. The molecule has 2 aromatic rings. The number of benzene rings is 1. The predicted molar refractivity (Wildman–Crippen MR) is 128 cm³/mol. The molecule has 0 spiro atoms. The molecule has 9 nitrogen and oxygen atoms in total. The molecule has 0 radical (unpaired) electrons. The fraction of sp³-hybridized carbons (Fsp3) is 0.520. The molecular weight excluding hydrogens is 434 g/mol. The number of amides is 3. The molecular formula is C25H35N5O4. The van der Waals surface area contributed by atoms with Crippen molar-refractivity contribution < 1.29 is 19.5 Å². The third kappa shape index (κ3) is 5.64. The highest BCUT2D eigenvalue weighted by atomic mass is 16.3. The van der Waals surface area contributed by atoms with Gasteiger partial charge >= 0.3 is 0 Å². The second-order valence-corrected chi connectivity index (χ2v) is 10.1. The number of aliphatic hydroxyl groups excluding tert-OH is 1. The second kappa shape index (κ2) is 9.97. The Morgan fingerprint density at radius 2 is 1.76 bits per heavy atom. The number of β-amino-alcohol motifs (C(OH)–C–C–N with tert-alkyl or cyclic N) is 1. The summed E-state index contributed by atoms with van der Waals surface area (Å²) in [5, 5.41) is 20.1. The largest absolute Gasteiger partial charge is 0.391 e. The fourth-order valence-corrected chi connectivity index (χ4v) is 4.32. The van der Waals surface area contributed by atoms with Gasteiger partial charge in [-0.3, -0.25) is 19.1 Å². The first-order valence-electron chi connectivity index (χ1n) is 11.5. The molecule has 0 bridgehead atoms. The molecule has 1 aromatic carbocycles. The Balaban J connectivity index is 1.72. The van der Waals surface area contributed by atoms with E-state index in [0.717, 1.165) is 16.8 Å². The molecule has 0 saturated carbocycles. The van der Waals surface area contributed by atoms with Crippen molar-refractivity contribution >= 4 is 17.7 Å². The van der Waals surface area contributed by atoms with E-state index in [2.05, 4.69) is 15.7 Å². The van der Waals surface area contributed by atoms with E-state index in [1.165, 1.54) is 11.8 Å². The van der Waals surface area contributed by atoms with E-state index in [9.17, 15) is 19.5 Å². The van der Waals surface area contributed by atoms with Crippen LogP contribution in [-0.2, 0) is 21.4 Å². The first-order valence-corrected chi connectivity index (χ1v) is 11.5. The van der Waals surface area contributed by atoms with Gasteiger partial charge in [0.1, 0.15) is 12.1 Å². The molecule has 2 heterocycles. The highest BCUT2D eigenvalue weighted by molar-refractivity contribution is 5.93. The van der Waals surface area contributed by atoms with Crippen LogP contribution in [0.1, 0.15) is 52.6 Å². The Bertz CT molecular complexity index is 1040. The average Bonchev–Trinajstić information content (AvgIpc) is 3.36. The minimum atomic E-state index is -0.808. The molecule has 3 amide bonds. The summed E-state index contributed by atoms with van der Waals surface area (Å²) >= 11 is 0. The number of aryl methyl sites for hydroxylation is 1. The summed E-state index contributed by atoms with van der Waals surface area (Å²) in [6, 6.07) is 7.88. The van der Waals surface area contributed by atoms with Crippen LogP contribution in [-0.4, -0.2) is 62.2 Å². The molecule has 3 rings (SSSR count). The van der Waals surface area contributed by atoms with Gasteiger partial charge in [0.15, 0.2) is 0 Å². The van der Waals surface area contributed by atoms with E-state index >= 15 is 0 Å². The van der Waals surface area contributed by atoms with E-state index in [1.54, 1.807) is 10.9 Å². The number of carbonyl (C=O) groups excluding carboxylic acids is 3. The summed E-state index contributed by atoms with van der Waals surface area (Å²) in [5.41, 5.74) is 2.37. The Labute approximate surface area is 200 Å². The van der Waals surface area contributed by atoms with Gasteiger partial charge in [-0.05, 0) is 29.5 Å². The van der Waals surface area contributed by atoms with Crippen LogP contribution in [0.15, 0.2) is 36.5 Å². The summed E-state index contributed by atoms with van der Waals surface area (Å²) in [6.45, 7) is 8.84. The number of likely N-dealkylation sites (tertiary alicyclic amines) is 1. The topological polar surface area (TPSA) is 117 Å². The van der Waals surface area contributed by atoms with E-state index in [0.29, 0.717) is 0 Å². The van der Waals surface area contributed by atoms with Crippen molar-refractivity contribution in [2.75, 3.05) is 6.54 Å². The van der Waals surface area contributed by atoms with E-state index < -0.39 is 23.6 Å². The van der Waals surface area contributed by atoms with E-state index in [1.807, 2.05) is 65.1 Å². The van der Waals surface area contributed by atoms with Crippen LogP contribution in [0.3, 0.4) is 0 Å². The zero-order valence-electron chi connectivity index (χ0n) is 20.7. The van der Waals surface area contributed by atoms with Gasteiger partial charge in [0.25, 0.3) is 0 Å². The standard InChI is InChI=1S/C25H35N5O4/c1-15(17-7-9-18(10-8-17)20-11-12-26-29(20)6)27-23(33)21-13-19(32)14-30(21)24(34)22(25(3,4)5)28-16(2)31/h7-12,15,19,21-22,32H,13-14H2,1-6H3,(H,27,33)(H,28,31)/t15-,19+,21-,22+/m0/s1. The van der Waals surface area contributed by atoms with Crippen LogP contribution in [0.25, 0.3) is 11.3 Å². The summed E-state index contributed by atoms with van der Waals surface area (Å²) in [7, 11) is 1.88. The molecule has 9 heteroatoms. The van der Waals surface area contributed by atoms with Crippen molar-refractivity contribution in [3.63, 3.8) is 0 Å². The predicted octanol–water partition coefficient (Wildman–Crippen LogP) is 1.78. The quantitative estimate of drug-likeness (QED) is 0.596. The highest BCUT2D eigenvalue weighted by Crippen LogP contribution is 2.27. The molecule has 0 aliphatic carbocycles. The van der Waals surface area contributed by atoms with E-state index in [4.69, 9.17) is 0 Å².